The van der Waals surface area contributed by atoms with E-state index in [9.17, 15) is 14.4 Å². The van der Waals surface area contributed by atoms with Crippen LogP contribution in [0.2, 0.25) is 0 Å². The number of nitrogens with zero attached hydrogens (tertiary/aromatic N) is 3. The molecule has 0 radical (unpaired) electrons. The van der Waals surface area contributed by atoms with Gasteiger partial charge in [0.25, 0.3) is 0 Å². The minimum Gasteiger partial charge on any atom is -0.357 e. The Labute approximate surface area is 117 Å². The maximum Gasteiger partial charge on any atom is 0.312 e. The number of piperazine rings is 1. The molecule has 6 nitrogen and oxygen atoms in total. The first-order valence-electron chi connectivity index (χ1n) is 6.65. The molecule has 20 heavy (non-hydrogen) atoms. The third-order valence-corrected chi connectivity index (χ3v) is 3.45. The molecule has 0 bridgehead atoms. The summed E-state index contributed by atoms with van der Waals surface area (Å²) in [6.07, 6.45) is 3.48. The molecule has 1 aromatic heterocycles. The Morgan fingerprint density at radius 2 is 1.95 bits per heavy atom. The molecule has 108 valence electrons. The van der Waals surface area contributed by atoms with Crippen LogP contribution in [0, 0.1) is 0 Å². The van der Waals surface area contributed by atoms with Crippen molar-refractivity contribution < 1.29 is 14.4 Å². The van der Waals surface area contributed by atoms with Gasteiger partial charge in [-0.15, -0.1) is 0 Å². The van der Waals surface area contributed by atoms with Crippen molar-refractivity contribution in [3.05, 3.63) is 24.0 Å². The van der Waals surface area contributed by atoms with Crippen LogP contribution in [0.15, 0.2) is 18.5 Å². The van der Waals surface area contributed by atoms with Crippen molar-refractivity contribution in [2.75, 3.05) is 19.6 Å². The van der Waals surface area contributed by atoms with E-state index in [0.717, 1.165) is 0 Å². The van der Waals surface area contributed by atoms with Gasteiger partial charge in [-0.25, -0.2) is 0 Å². The van der Waals surface area contributed by atoms with Crippen LogP contribution in [0.1, 0.15) is 24.2 Å². The smallest absolute Gasteiger partial charge is 0.312 e. The Morgan fingerprint density at radius 3 is 2.50 bits per heavy atom. The number of aromatic nitrogens is 1. The predicted octanol–water partition coefficient (Wildman–Crippen LogP) is 0.287. The standard InChI is InChI=1S/C14H19N3O3/c1-10(2)17-7-6-16(13(19)14(17)20)9-12(18)11-4-5-15(3)8-11/h4-5,8,10H,6-7,9H2,1-3H3. The summed E-state index contributed by atoms with van der Waals surface area (Å²) in [6.45, 7) is 4.58. The van der Waals surface area contributed by atoms with Gasteiger partial charge in [-0.1, -0.05) is 0 Å². The molecule has 0 aromatic carbocycles. The van der Waals surface area contributed by atoms with E-state index < -0.39 is 11.8 Å². The molecule has 0 spiro atoms. The normalized spacial score (nSPS) is 16.2. The number of amides is 2. The van der Waals surface area contributed by atoms with E-state index in [4.69, 9.17) is 0 Å². The summed E-state index contributed by atoms with van der Waals surface area (Å²) in [5.41, 5.74) is 0.555. The van der Waals surface area contributed by atoms with E-state index in [0.29, 0.717) is 18.7 Å². The van der Waals surface area contributed by atoms with E-state index in [1.165, 1.54) is 9.80 Å². The molecule has 1 aliphatic heterocycles. The number of hydrogen-bond acceptors (Lipinski definition) is 3. The minimum absolute atomic E-state index is 0.00146. The van der Waals surface area contributed by atoms with Gasteiger partial charge in [-0.2, -0.15) is 0 Å². The Kier molecular flexibility index (Phi) is 3.92. The van der Waals surface area contributed by atoms with Crippen molar-refractivity contribution in [2.45, 2.75) is 19.9 Å². The molecule has 2 heterocycles. The first-order chi connectivity index (χ1) is 9.40. The van der Waals surface area contributed by atoms with E-state index >= 15 is 0 Å². The number of carbonyl (C=O) groups is 3. The molecule has 6 heteroatoms. The molecule has 1 fully saturated rings. The molecule has 0 N–H and O–H groups in total. The number of aryl methyl sites for hydroxylation is 1. The van der Waals surface area contributed by atoms with E-state index in [-0.39, 0.29) is 18.4 Å². The molecule has 0 atom stereocenters. The van der Waals surface area contributed by atoms with Gasteiger partial charge in [0, 0.05) is 44.1 Å². The van der Waals surface area contributed by atoms with Crippen molar-refractivity contribution in [3.63, 3.8) is 0 Å². The zero-order valence-corrected chi connectivity index (χ0v) is 12.0. The summed E-state index contributed by atoms with van der Waals surface area (Å²) < 4.78 is 1.77. The second-order valence-corrected chi connectivity index (χ2v) is 5.31. The lowest BCUT2D eigenvalue weighted by Gasteiger charge is -2.35. The van der Waals surface area contributed by atoms with E-state index in [2.05, 4.69) is 0 Å². The average molecular weight is 277 g/mol. The Morgan fingerprint density at radius 1 is 1.25 bits per heavy atom. The van der Waals surface area contributed by atoms with Gasteiger partial charge >= 0.3 is 11.8 Å². The third kappa shape index (κ3) is 2.74. The second-order valence-electron chi connectivity index (χ2n) is 5.31. The number of carbonyl (C=O) groups excluding carboxylic acids is 3. The molecule has 1 aliphatic rings. The monoisotopic (exact) mass is 277 g/mol. The molecule has 1 saturated heterocycles. The zero-order chi connectivity index (χ0) is 14.9. The number of Topliss-reactive ketones (excluding diaryl/α,β-unsaturated/α-hetero) is 1. The summed E-state index contributed by atoms with van der Waals surface area (Å²) in [4.78, 5) is 38.8. The lowest BCUT2D eigenvalue weighted by molar-refractivity contribution is -0.156. The van der Waals surface area contributed by atoms with E-state index in [1.807, 2.05) is 20.9 Å². The first kappa shape index (κ1) is 14.3. The summed E-state index contributed by atoms with van der Waals surface area (Å²) in [7, 11) is 1.83. The highest BCUT2D eigenvalue weighted by atomic mass is 16.2. The minimum atomic E-state index is -0.589. The van der Waals surface area contributed by atoms with Gasteiger partial charge in [-0.05, 0) is 19.9 Å². The fourth-order valence-corrected chi connectivity index (χ4v) is 2.27. The lowest BCUT2D eigenvalue weighted by atomic mass is 10.1. The summed E-state index contributed by atoms with van der Waals surface area (Å²) in [5.74, 6) is -1.26. The van der Waals surface area contributed by atoms with Crippen LogP contribution in [0.3, 0.4) is 0 Å². The van der Waals surface area contributed by atoms with E-state index in [1.54, 1.807) is 23.0 Å². The summed E-state index contributed by atoms with van der Waals surface area (Å²) in [5, 5.41) is 0. The highest BCUT2D eigenvalue weighted by Gasteiger charge is 2.34. The van der Waals surface area contributed by atoms with Crippen molar-refractivity contribution in [1.29, 1.82) is 0 Å². The molecule has 1 aromatic rings. The van der Waals surface area contributed by atoms with Gasteiger partial charge < -0.3 is 14.4 Å². The van der Waals surface area contributed by atoms with Crippen molar-refractivity contribution >= 4 is 17.6 Å². The second kappa shape index (κ2) is 5.48. The molecular formula is C14H19N3O3. The van der Waals surface area contributed by atoms with Crippen LogP contribution in [0.5, 0.6) is 0 Å². The van der Waals surface area contributed by atoms with Crippen LogP contribution in [0.25, 0.3) is 0 Å². The number of hydrogen-bond donors (Lipinski definition) is 0. The maximum absolute atomic E-state index is 12.1. The molecule has 2 amide bonds. The Bertz CT molecular complexity index is 548. The van der Waals surface area contributed by atoms with Gasteiger partial charge in [0.15, 0.2) is 5.78 Å². The fourth-order valence-electron chi connectivity index (χ4n) is 2.27. The average Bonchev–Trinajstić information content (AvgIpc) is 2.81. The van der Waals surface area contributed by atoms with Gasteiger partial charge in [0.1, 0.15) is 0 Å². The maximum atomic E-state index is 12.1. The quantitative estimate of drug-likeness (QED) is 0.587. The molecule has 0 aliphatic carbocycles. The van der Waals surface area contributed by atoms with Crippen LogP contribution >= 0.6 is 0 Å². The molecular weight excluding hydrogens is 258 g/mol. The van der Waals surface area contributed by atoms with Crippen LogP contribution in [-0.2, 0) is 16.6 Å². The molecule has 2 rings (SSSR count). The first-order valence-corrected chi connectivity index (χ1v) is 6.65. The van der Waals surface area contributed by atoms with Crippen molar-refractivity contribution in [2.24, 2.45) is 7.05 Å². The van der Waals surface area contributed by atoms with Crippen LogP contribution in [0.4, 0.5) is 0 Å². The summed E-state index contributed by atoms with van der Waals surface area (Å²) in [6, 6.07) is 1.71. The largest absolute Gasteiger partial charge is 0.357 e. The highest BCUT2D eigenvalue weighted by molar-refractivity contribution is 6.35. The van der Waals surface area contributed by atoms with Crippen LogP contribution < -0.4 is 0 Å². The Balaban J connectivity index is 2.03. The fraction of sp³-hybridized carbons (Fsp3) is 0.500. The molecule has 0 unspecified atom stereocenters. The number of rotatable bonds is 4. The van der Waals surface area contributed by atoms with Gasteiger partial charge in [0.05, 0.1) is 6.54 Å². The predicted molar refractivity (Wildman–Crippen MR) is 73.2 cm³/mol. The Hall–Kier alpha value is -2.11. The van der Waals surface area contributed by atoms with Crippen molar-refractivity contribution in [3.8, 4) is 0 Å². The highest BCUT2D eigenvalue weighted by Crippen LogP contribution is 2.10. The topological polar surface area (TPSA) is 62.6 Å². The third-order valence-electron chi connectivity index (χ3n) is 3.45. The SMILES string of the molecule is CC(C)N1CCN(CC(=O)c2ccn(C)c2)C(=O)C1=O. The van der Waals surface area contributed by atoms with Gasteiger partial charge in [-0.3, -0.25) is 14.4 Å². The zero-order valence-electron chi connectivity index (χ0n) is 12.0. The summed E-state index contributed by atoms with van der Waals surface area (Å²) >= 11 is 0. The van der Waals surface area contributed by atoms with Crippen LogP contribution in [-0.4, -0.2) is 57.6 Å². The van der Waals surface area contributed by atoms with Gasteiger partial charge in [0.2, 0.25) is 0 Å². The molecule has 0 saturated carbocycles. The lowest BCUT2D eigenvalue weighted by Crippen LogP contribution is -2.57. The van der Waals surface area contributed by atoms with Crippen molar-refractivity contribution in [1.82, 2.24) is 14.4 Å². The number of ketones is 1.